The normalized spacial score (nSPS) is 10.9. The Bertz CT molecular complexity index is 1140. The van der Waals surface area contributed by atoms with Crippen LogP contribution in [0.3, 0.4) is 0 Å². The number of pyridine rings is 1. The molecule has 0 radical (unpaired) electrons. The van der Waals surface area contributed by atoms with E-state index in [4.69, 9.17) is 4.52 Å². The van der Waals surface area contributed by atoms with E-state index in [2.05, 4.69) is 15.5 Å². The van der Waals surface area contributed by atoms with Gasteiger partial charge in [0.15, 0.2) is 0 Å². The van der Waals surface area contributed by atoms with E-state index >= 15 is 0 Å². The number of halogens is 2. The highest BCUT2D eigenvalue weighted by molar-refractivity contribution is 6.13. The van der Waals surface area contributed by atoms with Crippen LogP contribution in [0.5, 0.6) is 0 Å². The molecule has 0 saturated carbocycles. The van der Waals surface area contributed by atoms with E-state index in [-0.39, 0.29) is 17.0 Å². The van der Waals surface area contributed by atoms with Crippen molar-refractivity contribution in [3.8, 4) is 11.3 Å². The van der Waals surface area contributed by atoms with E-state index < -0.39 is 17.5 Å². The molecule has 0 aliphatic carbocycles. The van der Waals surface area contributed by atoms with Crippen LogP contribution in [0.2, 0.25) is 0 Å². The van der Waals surface area contributed by atoms with Crippen LogP contribution in [-0.2, 0) is 0 Å². The molecular formula is C20H13F2N3O2. The van der Waals surface area contributed by atoms with E-state index in [1.54, 1.807) is 13.0 Å². The molecule has 4 aromatic rings. The molecule has 2 aromatic carbocycles. The molecule has 27 heavy (non-hydrogen) atoms. The first kappa shape index (κ1) is 16.8. The van der Waals surface area contributed by atoms with Crippen molar-refractivity contribution in [2.45, 2.75) is 6.92 Å². The van der Waals surface area contributed by atoms with Gasteiger partial charge in [-0.2, -0.15) is 0 Å². The van der Waals surface area contributed by atoms with Crippen molar-refractivity contribution in [3.05, 3.63) is 77.5 Å². The molecule has 0 bridgehead atoms. The number of anilines is 1. The predicted octanol–water partition coefficient (Wildman–Crippen LogP) is 4.73. The number of rotatable bonds is 3. The van der Waals surface area contributed by atoms with Gasteiger partial charge in [0.1, 0.15) is 11.6 Å². The van der Waals surface area contributed by atoms with Gasteiger partial charge in [0, 0.05) is 17.3 Å². The van der Waals surface area contributed by atoms with Crippen LogP contribution in [0.25, 0.3) is 22.4 Å². The number of fused-ring (bicyclic) bond motifs is 1. The molecule has 0 fully saturated rings. The van der Waals surface area contributed by atoms with Crippen molar-refractivity contribution in [1.82, 2.24) is 10.1 Å². The summed E-state index contributed by atoms with van der Waals surface area (Å²) in [6.07, 6.45) is 0. The van der Waals surface area contributed by atoms with Crippen molar-refractivity contribution in [2.24, 2.45) is 0 Å². The third kappa shape index (κ3) is 3.27. The van der Waals surface area contributed by atoms with Gasteiger partial charge in [-0.3, -0.25) is 4.79 Å². The lowest BCUT2D eigenvalue weighted by Crippen LogP contribution is -2.13. The minimum Gasteiger partial charge on any atom is -0.335 e. The summed E-state index contributed by atoms with van der Waals surface area (Å²) in [6.45, 7) is 1.69. The molecule has 2 aromatic heterocycles. The number of carbonyl (C=O) groups is 1. The monoisotopic (exact) mass is 365 g/mol. The van der Waals surface area contributed by atoms with E-state index in [1.165, 1.54) is 0 Å². The first-order valence-corrected chi connectivity index (χ1v) is 8.11. The third-order valence-electron chi connectivity index (χ3n) is 4.05. The maximum atomic E-state index is 13.4. The number of hydrogen-bond donors (Lipinski definition) is 1. The molecular weight excluding hydrogens is 352 g/mol. The summed E-state index contributed by atoms with van der Waals surface area (Å²) in [7, 11) is 0. The summed E-state index contributed by atoms with van der Waals surface area (Å²) in [5.74, 6) is -2.11. The zero-order valence-corrected chi connectivity index (χ0v) is 14.2. The summed E-state index contributed by atoms with van der Waals surface area (Å²) in [4.78, 5) is 17.2. The lowest BCUT2D eigenvalue weighted by molar-refractivity contribution is 0.102. The molecule has 5 nitrogen and oxygen atoms in total. The Hall–Kier alpha value is -3.61. The molecule has 0 saturated heterocycles. The molecule has 7 heteroatoms. The Morgan fingerprint density at radius 1 is 1.04 bits per heavy atom. The summed E-state index contributed by atoms with van der Waals surface area (Å²) in [6, 6.07) is 13.7. The Kier molecular flexibility index (Phi) is 4.12. The molecule has 0 aliphatic rings. The van der Waals surface area contributed by atoms with Gasteiger partial charge in [-0.25, -0.2) is 13.8 Å². The van der Waals surface area contributed by atoms with Gasteiger partial charge < -0.3 is 9.84 Å². The fourth-order valence-electron chi connectivity index (χ4n) is 2.86. The number of nitrogens with one attached hydrogen (secondary N) is 1. The zero-order valence-electron chi connectivity index (χ0n) is 14.2. The first-order valence-electron chi connectivity index (χ1n) is 8.11. The van der Waals surface area contributed by atoms with Gasteiger partial charge >= 0.3 is 0 Å². The number of amides is 1. The summed E-state index contributed by atoms with van der Waals surface area (Å²) in [5.41, 5.74) is 2.28. The van der Waals surface area contributed by atoms with E-state index in [9.17, 15) is 13.6 Å². The second-order valence-electron chi connectivity index (χ2n) is 5.98. The average Bonchev–Trinajstić information content (AvgIpc) is 3.02. The Balaban J connectivity index is 1.81. The lowest BCUT2D eigenvalue weighted by atomic mass is 10.0. The molecule has 4 rings (SSSR count). The van der Waals surface area contributed by atoms with Gasteiger partial charge in [-0.05, 0) is 25.1 Å². The molecule has 134 valence electrons. The van der Waals surface area contributed by atoms with Crippen molar-refractivity contribution >= 4 is 22.7 Å². The van der Waals surface area contributed by atoms with Crippen molar-refractivity contribution in [3.63, 3.8) is 0 Å². The smallest absolute Gasteiger partial charge is 0.259 e. The largest absolute Gasteiger partial charge is 0.335 e. The van der Waals surface area contributed by atoms with Crippen molar-refractivity contribution < 1.29 is 18.1 Å². The third-order valence-corrected chi connectivity index (χ3v) is 4.05. The Morgan fingerprint density at radius 2 is 1.74 bits per heavy atom. The van der Waals surface area contributed by atoms with Gasteiger partial charge in [-0.1, -0.05) is 35.5 Å². The van der Waals surface area contributed by atoms with E-state index in [1.807, 2.05) is 30.3 Å². The highest BCUT2D eigenvalue weighted by atomic mass is 19.1. The van der Waals surface area contributed by atoms with E-state index in [0.29, 0.717) is 16.8 Å². The van der Waals surface area contributed by atoms with Crippen LogP contribution < -0.4 is 5.32 Å². The quantitative estimate of drug-likeness (QED) is 0.570. The zero-order chi connectivity index (χ0) is 19.0. The minimum absolute atomic E-state index is 0.0119. The molecule has 1 amide bonds. The van der Waals surface area contributed by atoms with Crippen LogP contribution in [0.1, 0.15) is 16.1 Å². The summed E-state index contributed by atoms with van der Waals surface area (Å²) in [5, 5.41) is 6.83. The highest BCUT2D eigenvalue weighted by Crippen LogP contribution is 2.27. The lowest BCUT2D eigenvalue weighted by Gasteiger charge is -2.09. The standard InChI is InChI=1S/C20H13F2N3O2/c1-11-18-16(19(26)23-15-8-13(21)7-14(22)9-15)10-17(24-20(18)27-25-11)12-5-3-2-4-6-12/h2-10H,1H3,(H,23,26). The molecule has 2 heterocycles. The van der Waals surface area contributed by atoms with E-state index in [0.717, 1.165) is 23.8 Å². The van der Waals surface area contributed by atoms with Gasteiger partial charge in [-0.15, -0.1) is 0 Å². The van der Waals surface area contributed by atoms with Gasteiger partial charge in [0.25, 0.3) is 11.6 Å². The van der Waals surface area contributed by atoms with Gasteiger partial charge in [0.2, 0.25) is 0 Å². The number of aryl methyl sites for hydroxylation is 1. The first-order chi connectivity index (χ1) is 13.0. The van der Waals surface area contributed by atoms with Crippen LogP contribution in [-0.4, -0.2) is 16.0 Å². The second kappa shape index (κ2) is 6.60. The van der Waals surface area contributed by atoms with Crippen LogP contribution in [0.15, 0.2) is 59.1 Å². The molecule has 0 unspecified atom stereocenters. The van der Waals surface area contributed by atoms with Crippen LogP contribution in [0, 0.1) is 18.6 Å². The number of carbonyl (C=O) groups excluding carboxylic acids is 1. The Morgan fingerprint density at radius 3 is 2.44 bits per heavy atom. The minimum atomic E-state index is -0.781. The second-order valence-corrected chi connectivity index (χ2v) is 5.98. The number of aromatic nitrogens is 2. The molecule has 1 N–H and O–H groups in total. The maximum absolute atomic E-state index is 13.4. The predicted molar refractivity (Wildman–Crippen MR) is 96.3 cm³/mol. The number of nitrogens with zero attached hydrogens (tertiary/aromatic N) is 2. The molecule has 0 aliphatic heterocycles. The summed E-state index contributed by atoms with van der Waals surface area (Å²) >= 11 is 0. The van der Waals surface area contributed by atoms with Crippen LogP contribution >= 0.6 is 0 Å². The summed E-state index contributed by atoms with van der Waals surface area (Å²) < 4.78 is 32.0. The maximum Gasteiger partial charge on any atom is 0.259 e. The fourth-order valence-corrected chi connectivity index (χ4v) is 2.86. The van der Waals surface area contributed by atoms with Crippen LogP contribution in [0.4, 0.5) is 14.5 Å². The van der Waals surface area contributed by atoms with Crippen molar-refractivity contribution in [1.29, 1.82) is 0 Å². The van der Waals surface area contributed by atoms with Crippen molar-refractivity contribution in [2.75, 3.05) is 5.32 Å². The topological polar surface area (TPSA) is 68.0 Å². The number of benzene rings is 2. The Labute approximate surface area is 152 Å². The number of hydrogen-bond acceptors (Lipinski definition) is 4. The molecule has 0 atom stereocenters. The molecule has 0 spiro atoms. The highest BCUT2D eigenvalue weighted by Gasteiger charge is 2.20. The average molecular weight is 365 g/mol. The fraction of sp³-hybridized carbons (Fsp3) is 0.0500. The van der Waals surface area contributed by atoms with Gasteiger partial charge in [0.05, 0.1) is 22.3 Å². The SMILES string of the molecule is Cc1noc2nc(-c3ccccc3)cc(C(=O)Nc3cc(F)cc(F)c3)c12.